The Labute approximate surface area is 171 Å². The molecule has 29 heavy (non-hydrogen) atoms. The molecule has 5 heteroatoms. The summed E-state index contributed by atoms with van der Waals surface area (Å²) >= 11 is 0. The van der Waals surface area contributed by atoms with Gasteiger partial charge in [0, 0.05) is 18.4 Å². The number of phenolic OH excluding ortho intramolecular Hbond substituents is 1. The van der Waals surface area contributed by atoms with Gasteiger partial charge >= 0.3 is 0 Å². The first kappa shape index (κ1) is 19.5. The van der Waals surface area contributed by atoms with Crippen molar-refractivity contribution in [3.05, 3.63) is 64.2 Å². The number of nitrogens with one attached hydrogen (secondary N) is 1. The first-order chi connectivity index (χ1) is 14.0. The molecular weight excluding hydrogens is 364 g/mol. The summed E-state index contributed by atoms with van der Waals surface area (Å²) in [6.45, 7) is 5.91. The Morgan fingerprint density at radius 3 is 2.52 bits per heavy atom. The van der Waals surface area contributed by atoms with E-state index >= 15 is 0 Å². The van der Waals surface area contributed by atoms with Crippen LogP contribution in [-0.4, -0.2) is 29.7 Å². The summed E-state index contributed by atoms with van der Waals surface area (Å²) in [5.41, 5.74) is 10.7. The lowest BCUT2D eigenvalue weighted by Crippen LogP contribution is -2.46. The fourth-order valence-corrected chi connectivity index (χ4v) is 4.75. The highest BCUT2D eigenvalue weighted by Crippen LogP contribution is 2.47. The molecule has 1 amide bonds. The molecule has 2 aliphatic rings. The summed E-state index contributed by atoms with van der Waals surface area (Å²) in [6.07, 6.45) is 5.42. The monoisotopic (exact) mass is 392 g/mol. The molecule has 5 nitrogen and oxygen atoms in total. The number of ether oxygens (including phenoxy) is 1. The molecule has 2 aromatic carbocycles. The molecule has 1 spiro atoms. The van der Waals surface area contributed by atoms with E-state index in [4.69, 9.17) is 10.5 Å². The fraction of sp³-hybridized carbons (Fsp3) is 0.375. The highest BCUT2D eigenvalue weighted by molar-refractivity contribution is 5.97. The van der Waals surface area contributed by atoms with Crippen molar-refractivity contribution in [1.29, 1.82) is 0 Å². The number of piperidine rings is 1. The van der Waals surface area contributed by atoms with Crippen molar-refractivity contribution in [2.24, 2.45) is 5.73 Å². The number of hydrogen-bond acceptors (Lipinski definition) is 4. The van der Waals surface area contributed by atoms with Crippen molar-refractivity contribution >= 4 is 11.5 Å². The first-order valence-electron chi connectivity index (χ1n) is 10.4. The minimum atomic E-state index is -0.401. The lowest BCUT2D eigenvalue weighted by molar-refractivity contribution is 0.0813. The molecule has 2 aromatic rings. The second kappa shape index (κ2) is 7.56. The van der Waals surface area contributed by atoms with Crippen LogP contribution in [0.5, 0.6) is 11.5 Å². The van der Waals surface area contributed by atoms with Crippen LogP contribution in [0.25, 0.3) is 5.57 Å². The van der Waals surface area contributed by atoms with Gasteiger partial charge in [-0.3, -0.25) is 4.79 Å². The summed E-state index contributed by atoms with van der Waals surface area (Å²) in [6, 6.07) is 9.23. The average Bonchev–Trinajstić information content (AvgIpc) is 2.72. The molecule has 0 bridgehead atoms. The molecule has 152 valence electrons. The first-order valence-corrected chi connectivity index (χ1v) is 10.4. The second-order valence-corrected chi connectivity index (χ2v) is 7.81. The molecule has 0 radical (unpaired) electrons. The number of primary amides is 1. The number of phenols is 1. The molecule has 0 aliphatic carbocycles. The molecule has 2 heterocycles. The number of aromatic hydroxyl groups is 1. The molecule has 0 unspecified atom stereocenters. The van der Waals surface area contributed by atoms with Crippen molar-refractivity contribution in [1.82, 2.24) is 5.32 Å². The summed E-state index contributed by atoms with van der Waals surface area (Å²) < 4.78 is 6.43. The average molecular weight is 392 g/mol. The highest BCUT2D eigenvalue weighted by Gasteiger charge is 2.38. The van der Waals surface area contributed by atoms with Crippen LogP contribution in [-0.2, 0) is 12.8 Å². The van der Waals surface area contributed by atoms with Crippen molar-refractivity contribution < 1.29 is 14.6 Å². The molecular formula is C24H28N2O3. The van der Waals surface area contributed by atoms with Gasteiger partial charge in [-0.05, 0) is 72.5 Å². The van der Waals surface area contributed by atoms with Gasteiger partial charge in [0.1, 0.15) is 17.1 Å². The normalized spacial score (nSPS) is 17.4. The summed E-state index contributed by atoms with van der Waals surface area (Å²) in [4.78, 5) is 12.0. The number of fused-ring (bicyclic) bond motifs is 1. The minimum absolute atomic E-state index is 0.205. The zero-order valence-corrected chi connectivity index (χ0v) is 17.0. The number of nitrogens with two attached hydrogens (primary N) is 1. The van der Waals surface area contributed by atoms with Crippen LogP contribution in [0.1, 0.15) is 59.3 Å². The number of hydrogen-bond donors (Lipinski definition) is 3. The standard InChI is InChI=1S/C24H28N2O3/c1-3-15-16(4-2)18(23(25)28)9-8-17(15)19-14-24(10-12-26-13-11-24)29-21-7-5-6-20(27)22(19)21/h5-9,14,26-27H,3-4,10-13H2,1-2H3,(H2,25,28). The van der Waals surface area contributed by atoms with Gasteiger partial charge in [-0.1, -0.05) is 26.0 Å². The molecule has 1 fully saturated rings. The van der Waals surface area contributed by atoms with Gasteiger partial charge in [-0.15, -0.1) is 0 Å². The molecule has 0 aromatic heterocycles. The topological polar surface area (TPSA) is 84.6 Å². The maximum absolute atomic E-state index is 12.0. The lowest BCUT2D eigenvalue weighted by Gasteiger charge is -2.40. The van der Waals surface area contributed by atoms with Crippen molar-refractivity contribution in [3.8, 4) is 11.5 Å². The van der Waals surface area contributed by atoms with Crippen LogP contribution in [0.4, 0.5) is 0 Å². The van der Waals surface area contributed by atoms with Gasteiger partial charge in [-0.2, -0.15) is 0 Å². The summed E-state index contributed by atoms with van der Waals surface area (Å²) in [5.74, 6) is 0.516. The molecule has 4 rings (SSSR count). The molecule has 0 atom stereocenters. The van der Waals surface area contributed by atoms with Crippen molar-refractivity contribution in [2.45, 2.75) is 45.1 Å². The van der Waals surface area contributed by atoms with E-state index in [0.29, 0.717) is 11.3 Å². The zero-order valence-electron chi connectivity index (χ0n) is 17.0. The fourth-order valence-electron chi connectivity index (χ4n) is 4.75. The van der Waals surface area contributed by atoms with Crippen LogP contribution in [0.2, 0.25) is 0 Å². The maximum atomic E-state index is 12.0. The third-order valence-electron chi connectivity index (χ3n) is 6.14. The zero-order chi connectivity index (χ0) is 20.6. The Bertz CT molecular complexity index is 988. The van der Waals surface area contributed by atoms with Crippen LogP contribution in [0.3, 0.4) is 0 Å². The van der Waals surface area contributed by atoms with Gasteiger partial charge in [0.15, 0.2) is 0 Å². The van der Waals surface area contributed by atoms with Gasteiger partial charge in [0.2, 0.25) is 5.91 Å². The minimum Gasteiger partial charge on any atom is -0.507 e. The predicted molar refractivity (Wildman–Crippen MR) is 114 cm³/mol. The predicted octanol–water partition coefficient (Wildman–Crippen LogP) is 3.56. The van der Waals surface area contributed by atoms with Crippen LogP contribution in [0, 0.1) is 0 Å². The number of benzene rings is 2. The molecule has 2 aliphatic heterocycles. The van der Waals surface area contributed by atoms with E-state index in [0.717, 1.165) is 66.6 Å². The second-order valence-electron chi connectivity index (χ2n) is 7.81. The Balaban J connectivity index is 1.98. The number of carbonyl (C=O) groups is 1. The molecule has 0 saturated carbocycles. The van der Waals surface area contributed by atoms with E-state index in [1.165, 1.54) is 0 Å². The highest BCUT2D eigenvalue weighted by atomic mass is 16.5. The van der Waals surface area contributed by atoms with Crippen LogP contribution in [0.15, 0.2) is 36.4 Å². The van der Waals surface area contributed by atoms with Gasteiger partial charge < -0.3 is 20.9 Å². The molecule has 1 saturated heterocycles. The summed E-state index contributed by atoms with van der Waals surface area (Å²) in [7, 11) is 0. The van der Waals surface area contributed by atoms with E-state index in [2.05, 4.69) is 18.3 Å². The van der Waals surface area contributed by atoms with Gasteiger partial charge in [0.05, 0.1) is 5.56 Å². The van der Waals surface area contributed by atoms with Crippen LogP contribution < -0.4 is 15.8 Å². The maximum Gasteiger partial charge on any atom is 0.248 e. The largest absolute Gasteiger partial charge is 0.507 e. The Kier molecular flexibility index (Phi) is 5.09. The Morgan fingerprint density at radius 2 is 1.86 bits per heavy atom. The number of rotatable bonds is 4. The van der Waals surface area contributed by atoms with Crippen molar-refractivity contribution in [3.63, 3.8) is 0 Å². The Hall–Kier alpha value is -2.79. The third-order valence-corrected chi connectivity index (χ3v) is 6.14. The lowest BCUT2D eigenvalue weighted by atomic mass is 9.80. The quantitative estimate of drug-likeness (QED) is 0.743. The Morgan fingerprint density at radius 1 is 1.14 bits per heavy atom. The van der Waals surface area contributed by atoms with Gasteiger partial charge in [0.25, 0.3) is 0 Å². The third kappa shape index (κ3) is 3.29. The summed E-state index contributed by atoms with van der Waals surface area (Å²) in [5, 5.41) is 14.1. The SMILES string of the molecule is CCc1c(C(N)=O)ccc(C2=CC3(CCNCC3)Oc3cccc(O)c32)c1CC. The van der Waals surface area contributed by atoms with E-state index in [-0.39, 0.29) is 11.4 Å². The molecule has 4 N–H and O–H groups in total. The van der Waals surface area contributed by atoms with E-state index < -0.39 is 5.91 Å². The van der Waals surface area contributed by atoms with E-state index in [9.17, 15) is 9.90 Å². The van der Waals surface area contributed by atoms with Gasteiger partial charge in [-0.25, -0.2) is 0 Å². The van der Waals surface area contributed by atoms with E-state index in [1.807, 2.05) is 31.2 Å². The number of carbonyl (C=O) groups excluding carboxylic acids is 1. The van der Waals surface area contributed by atoms with Crippen LogP contribution >= 0.6 is 0 Å². The smallest absolute Gasteiger partial charge is 0.248 e. The van der Waals surface area contributed by atoms with E-state index in [1.54, 1.807) is 6.07 Å². The number of amides is 1. The van der Waals surface area contributed by atoms with Crippen molar-refractivity contribution in [2.75, 3.05) is 13.1 Å².